The van der Waals surface area contributed by atoms with Crippen LogP contribution in [0.1, 0.15) is 31.2 Å². The third-order valence-corrected chi connectivity index (χ3v) is 6.32. The van der Waals surface area contributed by atoms with Gasteiger partial charge < -0.3 is 4.57 Å². The lowest BCUT2D eigenvalue weighted by Crippen LogP contribution is -2.37. The highest BCUT2D eigenvalue weighted by atomic mass is 35.5. The molecule has 0 saturated carbocycles. The van der Waals surface area contributed by atoms with E-state index in [2.05, 4.69) is 11.8 Å². The molecule has 1 aromatic carbocycles. The minimum Gasteiger partial charge on any atom is -0.316 e. The predicted octanol–water partition coefficient (Wildman–Crippen LogP) is 2.37. The highest BCUT2D eigenvalue weighted by Gasteiger charge is 2.23. The van der Waals surface area contributed by atoms with Gasteiger partial charge in [0.25, 0.3) is 5.56 Å². The van der Waals surface area contributed by atoms with Gasteiger partial charge in [0.05, 0.1) is 13.1 Å². The van der Waals surface area contributed by atoms with Crippen LogP contribution in [0.3, 0.4) is 0 Å². The van der Waals surface area contributed by atoms with Gasteiger partial charge in [-0.05, 0) is 43.5 Å². The second-order valence-electron chi connectivity index (χ2n) is 8.04. The lowest BCUT2D eigenvalue weighted by atomic mass is 9.99. The first-order valence-corrected chi connectivity index (χ1v) is 10.4. The van der Waals surface area contributed by atoms with Gasteiger partial charge in [0.15, 0.2) is 11.2 Å². The van der Waals surface area contributed by atoms with Crippen molar-refractivity contribution < 1.29 is 0 Å². The van der Waals surface area contributed by atoms with Crippen LogP contribution >= 0.6 is 11.6 Å². The first kappa shape index (κ1) is 19.9. The van der Waals surface area contributed by atoms with E-state index in [0.717, 1.165) is 47.8 Å². The van der Waals surface area contributed by atoms with Crippen molar-refractivity contribution in [2.45, 2.75) is 32.9 Å². The highest BCUT2D eigenvalue weighted by Crippen LogP contribution is 2.22. The van der Waals surface area contributed by atoms with E-state index in [4.69, 9.17) is 16.6 Å². The highest BCUT2D eigenvalue weighted by molar-refractivity contribution is 6.31. The van der Waals surface area contributed by atoms with Gasteiger partial charge in [-0.25, -0.2) is 9.78 Å². The number of aryl methyl sites for hydroxylation is 1. The Morgan fingerprint density at radius 1 is 1.07 bits per heavy atom. The van der Waals surface area contributed by atoms with Gasteiger partial charge in [0.2, 0.25) is 0 Å². The molecule has 1 fully saturated rings. The number of hydrogen-bond donors (Lipinski definition) is 0. The second kappa shape index (κ2) is 7.80. The molecule has 7 nitrogen and oxygen atoms in total. The number of rotatable bonds is 4. The smallest absolute Gasteiger partial charge is 0.316 e. The summed E-state index contributed by atoms with van der Waals surface area (Å²) in [5.41, 5.74) is 1.07. The van der Waals surface area contributed by atoms with Crippen molar-refractivity contribution in [3.05, 3.63) is 61.5 Å². The molecule has 1 aliphatic heterocycles. The monoisotopic (exact) mass is 415 g/mol. The molecule has 0 atom stereocenters. The minimum atomic E-state index is -0.372. The van der Waals surface area contributed by atoms with E-state index in [1.807, 2.05) is 28.8 Å². The lowest BCUT2D eigenvalue weighted by Gasteiger charge is -2.29. The Labute approximate surface area is 174 Å². The minimum absolute atomic E-state index is 0.332. The van der Waals surface area contributed by atoms with E-state index in [0.29, 0.717) is 29.3 Å². The van der Waals surface area contributed by atoms with Crippen LogP contribution in [0.25, 0.3) is 11.2 Å². The van der Waals surface area contributed by atoms with Crippen LogP contribution in [0.2, 0.25) is 5.02 Å². The molecule has 0 N–H and O–H groups in total. The summed E-state index contributed by atoms with van der Waals surface area (Å²) in [7, 11) is 3.16. The van der Waals surface area contributed by atoms with E-state index in [1.165, 1.54) is 11.6 Å². The number of nitrogens with zero attached hydrogens (tertiary/aromatic N) is 5. The molecule has 2 aromatic heterocycles. The van der Waals surface area contributed by atoms with Crippen molar-refractivity contribution in [3.8, 4) is 0 Å². The SMILES string of the molecule is CC1CCN(Cc2nc3c(c(=O)n(C)c(=O)n3C)n2Cc2ccccc2Cl)CC1. The van der Waals surface area contributed by atoms with Gasteiger partial charge >= 0.3 is 5.69 Å². The molecule has 8 heteroatoms. The predicted molar refractivity (Wildman–Crippen MR) is 114 cm³/mol. The van der Waals surface area contributed by atoms with Gasteiger partial charge in [0, 0.05) is 19.1 Å². The Kier molecular flexibility index (Phi) is 5.36. The van der Waals surface area contributed by atoms with E-state index in [-0.39, 0.29) is 11.2 Å². The third-order valence-electron chi connectivity index (χ3n) is 5.95. The largest absolute Gasteiger partial charge is 0.332 e. The van der Waals surface area contributed by atoms with Crippen LogP contribution in [0.5, 0.6) is 0 Å². The van der Waals surface area contributed by atoms with Crippen molar-refractivity contribution >= 4 is 22.8 Å². The average molecular weight is 416 g/mol. The number of imidazole rings is 1. The number of likely N-dealkylation sites (tertiary alicyclic amines) is 1. The van der Waals surface area contributed by atoms with E-state index in [9.17, 15) is 9.59 Å². The zero-order valence-electron chi connectivity index (χ0n) is 17.1. The van der Waals surface area contributed by atoms with Crippen LogP contribution in [0, 0.1) is 5.92 Å². The number of aromatic nitrogens is 4. The van der Waals surface area contributed by atoms with Crippen LogP contribution in [0.15, 0.2) is 33.9 Å². The molecular weight excluding hydrogens is 390 g/mol. The first-order valence-electron chi connectivity index (χ1n) is 9.97. The fourth-order valence-corrected chi connectivity index (χ4v) is 4.20. The van der Waals surface area contributed by atoms with Gasteiger partial charge in [-0.2, -0.15) is 0 Å². The van der Waals surface area contributed by atoms with Crippen LogP contribution in [0.4, 0.5) is 0 Å². The Bertz CT molecular complexity index is 1170. The Morgan fingerprint density at radius 2 is 1.76 bits per heavy atom. The number of fused-ring (bicyclic) bond motifs is 1. The molecule has 3 heterocycles. The van der Waals surface area contributed by atoms with E-state index in [1.54, 1.807) is 7.05 Å². The molecule has 0 radical (unpaired) electrons. The Morgan fingerprint density at radius 3 is 2.45 bits per heavy atom. The summed E-state index contributed by atoms with van der Waals surface area (Å²) in [5, 5.41) is 0.647. The maximum Gasteiger partial charge on any atom is 0.332 e. The molecule has 0 unspecified atom stereocenters. The molecule has 29 heavy (non-hydrogen) atoms. The van der Waals surface area contributed by atoms with Crippen molar-refractivity contribution in [3.63, 3.8) is 0 Å². The van der Waals surface area contributed by atoms with Crippen molar-refractivity contribution in [2.75, 3.05) is 13.1 Å². The van der Waals surface area contributed by atoms with Crippen LogP contribution in [-0.4, -0.2) is 36.7 Å². The van der Waals surface area contributed by atoms with Gasteiger partial charge in [-0.1, -0.05) is 36.7 Å². The number of benzene rings is 1. The molecule has 154 valence electrons. The quantitative estimate of drug-likeness (QED) is 0.656. The van der Waals surface area contributed by atoms with Gasteiger partial charge in [0.1, 0.15) is 5.82 Å². The third kappa shape index (κ3) is 3.65. The Balaban J connectivity index is 1.86. The fourth-order valence-electron chi connectivity index (χ4n) is 4.00. The van der Waals surface area contributed by atoms with Crippen molar-refractivity contribution in [2.24, 2.45) is 20.0 Å². The maximum absolute atomic E-state index is 13.0. The fraction of sp³-hybridized carbons (Fsp3) is 0.476. The summed E-state index contributed by atoms with van der Waals surface area (Å²) in [6.07, 6.45) is 2.32. The molecule has 0 spiro atoms. The first-order chi connectivity index (χ1) is 13.9. The summed E-state index contributed by atoms with van der Waals surface area (Å²) in [5.74, 6) is 1.52. The molecule has 3 aromatic rings. The van der Waals surface area contributed by atoms with Crippen LogP contribution < -0.4 is 11.2 Å². The second-order valence-corrected chi connectivity index (χ2v) is 8.45. The maximum atomic E-state index is 13.0. The van der Waals surface area contributed by atoms with Crippen LogP contribution in [-0.2, 0) is 27.2 Å². The number of piperidine rings is 1. The standard InChI is InChI=1S/C21H26ClN5O2/c1-14-8-10-26(11-9-14)13-17-23-19-18(20(28)25(3)21(29)24(19)2)27(17)12-15-6-4-5-7-16(15)22/h4-7,14H,8-13H2,1-3H3. The molecule has 1 saturated heterocycles. The normalized spacial score (nSPS) is 16.0. The molecule has 0 aliphatic carbocycles. The van der Waals surface area contributed by atoms with Crippen molar-refractivity contribution in [1.82, 2.24) is 23.6 Å². The van der Waals surface area contributed by atoms with Gasteiger partial charge in [-0.3, -0.25) is 18.8 Å². The summed E-state index contributed by atoms with van der Waals surface area (Å²) >= 11 is 6.40. The van der Waals surface area contributed by atoms with E-state index < -0.39 is 0 Å². The molecule has 1 aliphatic rings. The zero-order valence-corrected chi connectivity index (χ0v) is 17.8. The Hall–Kier alpha value is -2.38. The summed E-state index contributed by atoms with van der Waals surface area (Å²) in [6, 6.07) is 7.61. The lowest BCUT2D eigenvalue weighted by molar-refractivity contribution is 0.180. The van der Waals surface area contributed by atoms with E-state index >= 15 is 0 Å². The summed E-state index contributed by atoms with van der Waals surface area (Å²) in [6.45, 7) is 5.37. The molecule has 0 amide bonds. The average Bonchev–Trinajstić information content (AvgIpc) is 3.06. The molecule has 0 bridgehead atoms. The van der Waals surface area contributed by atoms with Gasteiger partial charge in [-0.15, -0.1) is 0 Å². The number of halogens is 1. The molecular formula is C21H26ClN5O2. The number of hydrogen-bond acceptors (Lipinski definition) is 4. The molecule has 4 rings (SSSR count). The summed E-state index contributed by atoms with van der Waals surface area (Å²) < 4.78 is 4.51. The van der Waals surface area contributed by atoms with Crippen molar-refractivity contribution in [1.29, 1.82) is 0 Å². The zero-order chi connectivity index (χ0) is 20.7. The summed E-state index contributed by atoms with van der Waals surface area (Å²) in [4.78, 5) is 32.5. The topological polar surface area (TPSA) is 65.1 Å².